The smallest absolute Gasteiger partial charge is 0.0606 e. The van der Waals surface area contributed by atoms with Crippen molar-refractivity contribution in [1.29, 1.82) is 0 Å². The summed E-state index contributed by atoms with van der Waals surface area (Å²) < 4.78 is 4.25. The van der Waals surface area contributed by atoms with Crippen LogP contribution in [0.25, 0.3) is 0 Å². The molecule has 1 nitrogen and oxygen atoms in total. The van der Waals surface area contributed by atoms with Crippen molar-refractivity contribution in [2.75, 3.05) is 14.2 Å². The van der Waals surface area contributed by atoms with Gasteiger partial charge in [-0.2, -0.15) is 0 Å². The van der Waals surface area contributed by atoms with Gasteiger partial charge in [-0.1, -0.05) is 136 Å². The molecule has 3 rings (SSSR count). The normalized spacial score (nSPS) is 7.12. The maximum absolute atomic E-state index is 4.50. The van der Waals surface area contributed by atoms with Crippen molar-refractivity contribution >= 4 is 7.85 Å². The Morgan fingerprint density at radius 2 is 0.462 bits per heavy atom. The summed E-state index contributed by atoms with van der Waals surface area (Å²) in [4.78, 5) is 0. The van der Waals surface area contributed by atoms with Gasteiger partial charge in [0.1, 0.15) is 0 Å². The Morgan fingerprint density at radius 1 is 0.423 bits per heavy atom. The zero-order valence-electron chi connectivity index (χ0n) is 17.1. The molecule has 0 unspecified atom stereocenters. The van der Waals surface area contributed by atoms with Crippen LogP contribution in [-0.4, -0.2) is 22.1 Å². The topological polar surface area (TPSA) is 9.23 Å². The van der Waals surface area contributed by atoms with Crippen LogP contribution in [0.15, 0.2) is 109 Å². The number of hydrogen-bond acceptors (Lipinski definition) is 1. The summed E-state index contributed by atoms with van der Waals surface area (Å²) in [6.07, 6.45) is 1.25. The fraction of sp³-hybridized carbons (Fsp3) is 0.250. The van der Waals surface area contributed by atoms with E-state index < -0.39 is 0 Å². The van der Waals surface area contributed by atoms with Crippen LogP contribution in [0.1, 0.15) is 20.3 Å². The second-order valence-corrected chi connectivity index (χ2v) is 4.58. The Labute approximate surface area is 163 Å². The highest BCUT2D eigenvalue weighted by Crippen LogP contribution is 1.81. The Morgan fingerprint density at radius 3 is 0.500 bits per heavy atom. The van der Waals surface area contributed by atoms with Gasteiger partial charge in [-0.25, -0.2) is 0 Å². The van der Waals surface area contributed by atoms with E-state index in [2.05, 4.69) is 26.4 Å². The van der Waals surface area contributed by atoms with E-state index in [1.165, 1.54) is 13.2 Å². The molecule has 0 fully saturated rings. The van der Waals surface area contributed by atoms with Crippen LogP contribution in [0.2, 0.25) is 6.82 Å². The molecule has 3 aromatic carbocycles. The van der Waals surface area contributed by atoms with E-state index in [0.29, 0.717) is 0 Å². The Kier molecular flexibility index (Phi) is 37.4. The van der Waals surface area contributed by atoms with Gasteiger partial charge in [-0.3, -0.25) is 0 Å². The van der Waals surface area contributed by atoms with Gasteiger partial charge in [0.15, 0.2) is 0 Å². The minimum Gasteiger partial charge on any atom is -0.388 e. The van der Waals surface area contributed by atoms with Crippen LogP contribution in [0, 0.1) is 0 Å². The monoisotopic (exact) mass is 350 g/mol. The molecule has 3 aromatic rings. The van der Waals surface area contributed by atoms with Gasteiger partial charge in [-0.05, 0) is 0 Å². The number of methoxy groups -OCH3 is 1. The highest BCUT2D eigenvalue weighted by atomic mass is 16.4. The largest absolute Gasteiger partial charge is 0.388 e. The number of rotatable bonds is 0. The molecular weight excluding hydrogens is 315 g/mol. The summed E-state index contributed by atoms with van der Waals surface area (Å²) >= 11 is 0. The van der Waals surface area contributed by atoms with Crippen LogP contribution in [0.3, 0.4) is 0 Å². The Balaban J connectivity index is -0.000000257. The average Bonchev–Trinajstić information content (AvgIpc) is 2.75. The van der Waals surface area contributed by atoms with Crippen molar-refractivity contribution in [1.82, 2.24) is 0 Å². The third-order valence-corrected chi connectivity index (χ3v) is 2.00. The lowest BCUT2D eigenvalue weighted by Crippen LogP contribution is -1.55. The standard InChI is InChI=1S/3C6H6.C3H8.C2H6O.CH3B/c3*1-2-4-6-5-3-1;2*1-3-2;1-2/h3*1-6H;3H2,1-2H3;1-2H3;1H3. The van der Waals surface area contributed by atoms with Crippen molar-refractivity contribution < 1.29 is 4.74 Å². The van der Waals surface area contributed by atoms with E-state index in [9.17, 15) is 0 Å². The van der Waals surface area contributed by atoms with Crippen LogP contribution < -0.4 is 0 Å². The minimum atomic E-state index is 1.25. The van der Waals surface area contributed by atoms with Gasteiger partial charge in [0, 0.05) is 14.2 Å². The summed E-state index contributed by atoms with van der Waals surface area (Å²) in [6.45, 7) is 5.75. The van der Waals surface area contributed by atoms with Crippen molar-refractivity contribution in [3.8, 4) is 0 Å². The van der Waals surface area contributed by atoms with Gasteiger partial charge in [-0.15, -0.1) is 0 Å². The lowest BCUT2D eigenvalue weighted by atomic mass is 10.2. The summed E-state index contributed by atoms with van der Waals surface area (Å²) in [5.74, 6) is 0. The SMILES string of the molecule is CCC.COC.[B]C.c1ccccc1.c1ccccc1.c1ccccc1. The first kappa shape index (κ1) is 28.5. The molecule has 2 heteroatoms. The fourth-order valence-corrected chi connectivity index (χ4v) is 1.15. The zero-order chi connectivity index (χ0) is 20.1. The first-order chi connectivity index (χ1) is 12.8. The van der Waals surface area contributed by atoms with E-state index >= 15 is 0 Å². The number of ether oxygens (including phenoxy) is 1. The van der Waals surface area contributed by atoms with Gasteiger partial charge in [0.05, 0.1) is 7.85 Å². The predicted octanol–water partition coefficient (Wildman–Crippen LogP) is 6.94. The summed E-state index contributed by atoms with van der Waals surface area (Å²) in [6, 6.07) is 36.0. The van der Waals surface area contributed by atoms with Crippen molar-refractivity contribution in [3.05, 3.63) is 109 Å². The Hall–Kier alpha value is -2.32. The third-order valence-electron chi connectivity index (χ3n) is 2.00. The van der Waals surface area contributed by atoms with E-state index in [-0.39, 0.29) is 0 Å². The van der Waals surface area contributed by atoms with Crippen LogP contribution in [0.4, 0.5) is 0 Å². The first-order valence-electron chi connectivity index (χ1n) is 8.81. The highest BCUT2D eigenvalue weighted by Gasteiger charge is 1.59. The van der Waals surface area contributed by atoms with Gasteiger partial charge in [0.2, 0.25) is 0 Å². The summed E-state index contributed by atoms with van der Waals surface area (Å²) in [5, 5.41) is 0. The molecule has 26 heavy (non-hydrogen) atoms. The highest BCUT2D eigenvalue weighted by molar-refractivity contribution is 6.05. The maximum atomic E-state index is 4.50. The summed E-state index contributed by atoms with van der Waals surface area (Å²) in [5.41, 5.74) is 0. The van der Waals surface area contributed by atoms with Crippen molar-refractivity contribution in [2.24, 2.45) is 0 Å². The zero-order valence-corrected chi connectivity index (χ0v) is 17.1. The molecule has 2 radical (unpaired) electrons. The van der Waals surface area contributed by atoms with E-state index in [0.717, 1.165) is 0 Å². The molecule has 0 atom stereocenters. The predicted molar refractivity (Wildman–Crippen MR) is 120 cm³/mol. The molecule has 0 N–H and O–H groups in total. The van der Waals surface area contributed by atoms with Gasteiger partial charge < -0.3 is 4.74 Å². The molecule has 0 saturated carbocycles. The fourth-order valence-electron chi connectivity index (χ4n) is 1.15. The van der Waals surface area contributed by atoms with Crippen LogP contribution in [0.5, 0.6) is 0 Å². The molecule has 0 bridgehead atoms. The molecular formula is C24H35BO. The molecule has 0 spiro atoms. The van der Waals surface area contributed by atoms with Crippen LogP contribution >= 0.6 is 0 Å². The van der Waals surface area contributed by atoms with Crippen LogP contribution in [-0.2, 0) is 4.74 Å². The van der Waals surface area contributed by atoms with Gasteiger partial charge >= 0.3 is 0 Å². The van der Waals surface area contributed by atoms with E-state index in [1.807, 2.05) is 109 Å². The quantitative estimate of drug-likeness (QED) is 0.399. The number of hydrogen-bond donors (Lipinski definition) is 0. The first-order valence-corrected chi connectivity index (χ1v) is 8.81. The molecule has 0 saturated heterocycles. The lowest BCUT2D eigenvalue weighted by molar-refractivity contribution is 0.277. The second kappa shape index (κ2) is 34.1. The van der Waals surface area contributed by atoms with Crippen molar-refractivity contribution in [2.45, 2.75) is 27.1 Å². The second-order valence-electron chi connectivity index (χ2n) is 4.58. The van der Waals surface area contributed by atoms with Crippen molar-refractivity contribution in [3.63, 3.8) is 0 Å². The molecule has 0 aromatic heterocycles. The molecule has 0 amide bonds. The maximum Gasteiger partial charge on any atom is 0.0606 e. The lowest BCUT2D eigenvalue weighted by Gasteiger charge is -1.69. The molecule has 140 valence electrons. The van der Waals surface area contributed by atoms with Gasteiger partial charge in [0.25, 0.3) is 0 Å². The van der Waals surface area contributed by atoms with E-state index in [4.69, 9.17) is 0 Å². The molecule has 0 heterocycles. The molecule has 0 aliphatic carbocycles. The molecule has 0 aliphatic heterocycles. The Bertz CT molecular complexity index is 329. The summed E-state index contributed by atoms with van der Waals surface area (Å²) in [7, 11) is 7.75. The average molecular weight is 350 g/mol. The number of benzene rings is 3. The molecule has 0 aliphatic rings. The van der Waals surface area contributed by atoms with E-state index in [1.54, 1.807) is 14.2 Å². The minimum absolute atomic E-state index is 1.25. The third kappa shape index (κ3) is 37.7.